The number of phenols is 1. The summed E-state index contributed by atoms with van der Waals surface area (Å²) < 4.78 is 6.00. The summed E-state index contributed by atoms with van der Waals surface area (Å²) in [4.78, 5) is 0. The van der Waals surface area contributed by atoms with Gasteiger partial charge in [-0.25, -0.2) is 0 Å². The smallest absolute Gasteiger partial charge is 0.133 e. The van der Waals surface area contributed by atoms with Crippen molar-refractivity contribution in [2.75, 3.05) is 7.11 Å². The Morgan fingerprint density at radius 1 is 1.42 bits per heavy atom. The number of halogens is 1. The Morgan fingerprint density at radius 2 is 2.16 bits per heavy atom. The van der Waals surface area contributed by atoms with E-state index in [1.165, 1.54) is 0 Å². The quantitative estimate of drug-likeness (QED) is 0.890. The molecular weight excluding hydrogens is 308 g/mol. The molecule has 0 aliphatic heterocycles. The summed E-state index contributed by atoms with van der Waals surface area (Å²) in [6.07, 6.45) is 4.76. The SMILES string of the molecule is COc1cc(C[C@@H]2CCCC[C@@]2(C)O)c(O)cc1Br. The van der Waals surface area contributed by atoms with Crippen LogP contribution in [-0.4, -0.2) is 22.9 Å². The summed E-state index contributed by atoms with van der Waals surface area (Å²) in [5.41, 5.74) is 0.206. The molecule has 2 rings (SSSR count). The summed E-state index contributed by atoms with van der Waals surface area (Å²) in [5, 5.41) is 20.5. The van der Waals surface area contributed by atoms with Crippen molar-refractivity contribution in [1.29, 1.82) is 0 Å². The van der Waals surface area contributed by atoms with Gasteiger partial charge in [0.05, 0.1) is 17.2 Å². The summed E-state index contributed by atoms with van der Waals surface area (Å²) in [6.45, 7) is 1.91. The van der Waals surface area contributed by atoms with E-state index in [9.17, 15) is 10.2 Å². The molecule has 1 fully saturated rings. The molecule has 1 aliphatic rings. The van der Waals surface area contributed by atoms with Gasteiger partial charge >= 0.3 is 0 Å². The Labute approximate surface area is 122 Å². The Hall–Kier alpha value is -0.740. The largest absolute Gasteiger partial charge is 0.508 e. The van der Waals surface area contributed by atoms with Crippen molar-refractivity contribution in [2.45, 2.75) is 44.6 Å². The number of benzene rings is 1. The van der Waals surface area contributed by atoms with E-state index in [2.05, 4.69) is 15.9 Å². The molecule has 4 heteroatoms. The molecule has 3 nitrogen and oxygen atoms in total. The molecule has 0 aromatic heterocycles. The second kappa shape index (κ2) is 5.71. The van der Waals surface area contributed by atoms with Crippen molar-refractivity contribution in [3.05, 3.63) is 22.2 Å². The third-order valence-corrected chi connectivity index (χ3v) is 4.80. The van der Waals surface area contributed by atoms with Crippen molar-refractivity contribution in [1.82, 2.24) is 0 Å². The molecule has 2 N–H and O–H groups in total. The minimum absolute atomic E-state index is 0.193. The van der Waals surface area contributed by atoms with Gasteiger partial charge in [0, 0.05) is 0 Å². The fourth-order valence-corrected chi connectivity index (χ4v) is 3.37. The molecule has 0 heterocycles. The van der Waals surface area contributed by atoms with E-state index >= 15 is 0 Å². The molecule has 0 unspecified atom stereocenters. The lowest BCUT2D eigenvalue weighted by molar-refractivity contribution is -0.0315. The number of hydrogen-bond donors (Lipinski definition) is 2. The van der Waals surface area contributed by atoms with Crippen molar-refractivity contribution in [3.63, 3.8) is 0 Å². The average molecular weight is 329 g/mol. The monoisotopic (exact) mass is 328 g/mol. The van der Waals surface area contributed by atoms with Crippen LogP contribution in [0.2, 0.25) is 0 Å². The Morgan fingerprint density at radius 3 is 2.79 bits per heavy atom. The van der Waals surface area contributed by atoms with Crippen molar-refractivity contribution < 1.29 is 14.9 Å². The lowest BCUT2D eigenvalue weighted by atomic mass is 9.74. The number of rotatable bonds is 3. The van der Waals surface area contributed by atoms with Gasteiger partial charge in [-0.1, -0.05) is 12.8 Å². The maximum absolute atomic E-state index is 10.4. The van der Waals surface area contributed by atoms with Gasteiger partial charge in [0.2, 0.25) is 0 Å². The molecule has 1 saturated carbocycles. The first-order chi connectivity index (χ1) is 8.94. The number of aliphatic hydroxyl groups is 1. The molecule has 0 bridgehead atoms. The molecule has 0 spiro atoms. The van der Waals surface area contributed by atoms with Gasteiger partial charge in [0.1, 0.15) is 11.5 Å². The highest BCUT2D eigenvalue weighted by Crippen LogP contribution is 2.39. The van der Waals surface area contributed by atoms with E-state index in [0.717, 1.165) is 35.7 Å². The molecule has 0 amide bonds. The maximum atomic E-state index is 10.4. The summed E-state index contributed by atoms with van der Waals surface area (Å²) in [6, 6.07) is 3.51. The second-order valence-corrected chi connectivity index (χ2v) is 6.47. The molecule has 106 valence electrons. The lowest BCUT2D eigenvalue weighted by Crippen LogP contribution is -2.38. The van der Waals surface area contributed by atoms with Crippen LogP contribution in [0, 0.1) is 5.92 Å². The highest BCUT2D eigenvalue weighted by atomic mass is 79.9. The zero-order valence-corrected chi connectivity index (χ0v) is 13.0. The van der Waals surface area contributed by atoms with Crippen LogP contribution in [0.1, 0.15) is 38.2 Å². The van der Waals surface area contributed by atoms with Gasteiger partial charge in [0.15, 0.2) is 0 Å². The van der Waals surface area contributed by atoms with Crippen LogP contribution in [0.25, 0.3) is 0 Å². The summed E-state index contributed by atoms with van der Waals surface area (Å²) in [5.74, 6) is 1.16. The molecular formula is C15H21BrO3. The van der Waals surface area contributed by atoms with Crippen LogP contribution in [-0.2, 0) is 6.42 Å². The van der Waals surface area contributed by atoms with Crippen LogP contribution >= 0.6 is 15.9 Å². The fraction of sp³-hybridized carbons (Fsp3) is 0.600. The van der Waals surface area contributed by atoms with Crippen LogP contribution in [0.4, 0.5) is 0 Å². The van der Waals surface area contributed by atoms with Crippen molar-refractivity contribution >= 4 is 15.9 Å². The maximum Gasteiger partial charge on any atom is 0.133 e. The minimum Gasteiger partial charge on any atom is -0.508 e. The standard InChI is InChI=1S/C15H21BrO3/c1-15(18)6-4-3-5-11(15)7-10-8-14(19-2)12(16)9-13(10)17/h8-9,11,17-18H,3-7H2,1-2H3/t11-,15+/m0/s1. The molecule has 1 aromatic carbocycles. The summed E-state index contributed by atoms with van der Waals surface area (Å²) in [7, 11) is 1.61. The number of aromatic hydroxyl groups is 1. The highest BCUT2D eigenvalue weighted by molar-refractivity contribution is 9.10. The Balaban J connectivity index is 2.23. The first kappa shape index (κ1) is 14.7. The third-order valence-electron chi connectivity index (χ3n) is 4.18. The molecule has 19 heavy (non-hydrogen) atoms. The molecule has 0 radical (unpaired) electrons. The van der Waals surface area contributed by atoms with Gasteiger partial charge < -0.3 is 14.9 Å². The number of methoxy groups -OCH3 is 1. The summed E-state index contributed by atoms with van der Waals surface area (Å²) >= 11 is 3.35. The topological polar surface area (TPSA) is 49.7 Å². The normalized spacial score (nSPS) is 27.3. The van der Waals surface area contributed by atoms with Crippen molar-refractivity contribution in [2.24, 2.45) is 5.92 Å². The predicted molar refractivity (Wildman–Crippen MR) is 78.6 cm³/mol. The number of hydrogen-bond acceptors (Lipinski definition) is 3. The van der Waals surface area contributed by atoms with Gasteiger partial charge in [0.25, 0.3) is 0 Å². The van der Waals surface area contributed by atoms with Crippen molar-refractivity contribution in [3.8, 4) is 11.5 Å². The van der Waals surface area contributed by atoms with Crippen LogP contribution in [0.5, 0.6) is 11.5 Å². The Kier molecular flexibility index (Phi) is 4.41. The second-order valence-electron chi connectivity index (χ2n) is 5.62. The number of ether oxygens (including phenoxy) is 1. The van der Waals surface area contributed by atoms with E-state index in [1.54, 1.807) is 13.2 Å². The average Bonchev–Trinajstić information content (AvgIpc) is 2.34. The number of phenolic OH excluding ortho intramolecular Hbond substituents is 1. The lowest BCUT2D eigenvalue weighted by Gasteiger charge is -2.37. The zero-order valence-electron chi connectivity index (χ0n) is 11.4. The third kappa shape index (κ3) is 3.23. The molecule has 2 atom stereocenters. The Bertz CT molecular complexity index is 457. The predicted octanol–water partition coefficient (Wildman–Crippen LogP) is 3.65. The fourth-order valence-electron chi connectivity index (χ4n) is 2.88. The molecule has 1 aromatic rings. The van der Waals surface area contributed by atoms with Gasteiger partial charge in [-0.2, -0.15) is 0 Å². The van der Waals surface area contributed by atoms with Gasteiger partial charge in [-0.3, -0.25) is 0 Å². The van der Waals surface area contributed by atoms with Crippen LogP contribution in [0.3, 0.4) is 0 Å². The van der Waals surface area contributed by atoms with Gasteiger partial charge in [-0.05, 0) is 65.7 Å². The zero-order chi connectivity index (χ0) is 14.0. The van der Waals surface area contributed by atoms with Crippen LogP contribution < -0.4 is 4.74 Å². The van der Waals surface area contributed by atoms with E-state index in [0.29, 0.717) is 12.2 Å². The molecule has 0 saturated heterocycles. The van der Waals surface area contributed by atoms with Gasteiger partial charge in [-0.15, -0.1) is 0 Å². The first-order valence-electron chi connectivity index (χ1n) is 6.72. The van der Waals surface area contributed by atoms with E-state index < -0.39 is 5.60 Å². The highest BCUT2D eigenvalue weighted by Gasteiger charge is 2.34. The first-order valence-corrected chi connectivity index (χ1v) is 7.51. The van der Waals surface area contributed by atoms with E-state index in [1.807, 2.05) is 13.0 Å². The van der Waals surface area contributed by atoms with Crippen LogP contribution in [0.15, 0.2) is 16.6 Å². The minimum atomic E-state index is -0.634. The molecule has 1 aliphatic carbocycles. The van der Waals surface area contributed by atoms with E-state index in [-0.39, 0.29) is 11.7 Å². The van der Waals surface area contributed by atoms with E-state index in [4.69, 9.17) is 4.74 Å².